The summed E-state index contributed by atoms with van der Waals surface area (Å²) in [6.07, 6.45) is 5.31. The summed E-state index contributed by atoms with van der Waals surface area (Å²) in [5, 5.41) is -0.527. The van der Waals surface area contributed by atoms with Crippen molar-refractivity contribution in [2.75, 3.05) is 13.1 Å². The minimum Gasteiger partial charge on any atom is -0.336 e. The number of rotatable bonds is 4. The van der Waals surface area contributed by atoms with Gasteiger partial charge in [-0.1, -0.05) is 18.9 Å². The molecule has 1 saturated carbocycles. The Bertz CT molecular complexity index is 699. The molecule has 7 heteroatoms. The van der Waals surface area contributed by atoms with E-state index in [1.54, 1.807) is 17.0 Å². The second-order valence-corrected chi connectivity index (χ2v) is 8.82. The number of aryl methyl sites for hydroxylation is 1. The average molecular weight is 351 g/mol. The summed E-state index contributed by atoms with van der Waals surface area (Å²) in [4.78, 5) is 18.5. The molecule has 2 fully saturated rings. The first kappa shape index (κ1) is 17.4. The van der Waals surface area contributed by atoms with E-state index in [-0.39, 0.29) is 18.5 Å². The molecule has 1 aromatic heterocycles. The standard InChI is InChI=1S/C17H25N3O3S/c1-13-6-4-10-16(18-13)17(21)20-11-5-9-15(12-20)24(22,23)19-14-7-2-3-8-14/h4,6,10,14-15,19H,2-3,5,7-9,11-12H2,1H3/t15-/m1/s1. The van der Waals surface area contributed by atoms with Crippen molar-refractivity contribution in [1.29, 1.82) is 0 Å². The van der Waals surface area contributed by atoms with Crippen molar-refractivity contribution in [3.8, 4) is 0 Å². The lowest BCUT2D eigenvalue weighted by atomic mass is 10.1. The van der Waals surface area contributed by atoms with Gasteiger partial charge in [-0.25, -0.2) is 18.1 Å². The van der Waals surface area contributed by atoms with E-state index in [2.05, 4.69) is 9.71 Å². The molecule has 1 N–H and O–H groups in total. The van der Waals surface area contributed by atoms with Crippen LogP contribution < -0.4 is 4.72 Å². The number of likely N-dealkylation sites (tertiary alicyclic amines) is 1. The Morgan fingerprint density at radius 3 is 2.67 bits per heavy atom. The van der Waals surface area contributed by atoms with Crippen molar-refractivity contribution >= 4 is 15.9 Å². The molecule has 1 aliphatic heterocycles. The molecule has 3 rings (SSSR count). The van der Waals surface area contributed by atoms with E-state index in [9.17, 15) is 13.2 Å². The van der Waals surface area contributed by atoms with Gasteiger partial charge in [0.2, 0.25) is 10.0 Å². The summed E-state index contributed by atoms with van der Waals surface area (Å²) in [5.74, 6) is -0.181. The smallest absolute Gasteiger partial charge is 0.272 e. The molecule has 1 saturated heterocycles. The third kappa shape index (κ3) is 3.95. The number of nitrogens with one attached hydrogen (secondary N) is 1. The summed E-state index contributed by atoms with van der Waals surface area (Å²) in [7, 11) is -3.39. The van der Waals surface area contributed by atoms with Crippen LogP contribution in [0.25, 0.3) is 0 Å². The van der Waals surface area contributed by atoms with Gasteiger partial charge in [0.15, 0.2) is 0 Å². The van der Waals surface area contributed by atoms with Crippen molar-refractivity contribution in [2.45, 2.75) is 56.7 Å². The summed E-state index contributed by atoms with van der Waals surface area (Å²) in [6.45, 7) is 2.67. The lowest BCUT2D eigenvalue weighted by Crippen LogP contribution is -2.50. The highest BCUT2D eigenvalue weighted by Gasteiger charge is 2.35. The summed E-state index contributed by atoms with van der Waals surface area (Å²) < 4.78 is 28.1. The van der Waals surface area contributed by atoms with E-state index in [0.29, 0.717) is 25.1 Å². The lowest BCUT2D eigenvalue weighted by molar-refractivity contribution is 0.0720. The zero-order valence-electron chi connectivity index (χ0n) is 14.1. The number of hydrogen-bond acceptors (Lipinski definition) is 4. The molecule has 0 spiro atoms. The van der Waals surface area contributed by atoms with Crippen molar-refractivity contribution in [2.24, 2.45) is 0 Å². The van der Waals surface area contributed by atoms with Gasteiger partial charge >= 0.3 is 0 Å². The van der Waals surface area contributed by atoms with Crippen LogP contribution in [0.5, 0.6) is 0 Å². The molecular formula is C17H25N3O3S. The number of carbonyl (C=O) groups is 1. The van der Waals surface area contributed by atoms with E-state index < -0.39 is 15.3 Å². The van der Waals surface area contributed by atoms with E-state index >= 15 is 0 Å². The van der Waals surface area contributed by atoms with Gasteiger partial charge in [-0.15, -0.1) is 0 Å². The minimum atomic E-state index is -3.39. The number of sulfonamides is 1. The Hall–Kier alpha value is -1.47. The molecule has 6 nitrogen and oxygen atoms in total. The minimum absolute atomic E-state index is 0.0690. The molecule has 0 radical (unpaired) electrons. The Labute approximate surface area is 143 Å². The Balaban J connectivity index is 1.68. The molecule has 24 heavy (non-hydrogen) atoms. The third-order valence-electron chi connectivity index (χ3n) is 4.90. The van der Waals surface area contributed by atoms with Crippen molar-refractivity contribution in [3.63, 3.8) is 0 Å². The molecule has 132 valence electrons. The second-order valence-electron chi connectivity index (χ2n) is 6.82. The first-order valence-corrected chi connectivity index (χ1v) is 10.2. The summed E-state index contributed by atoms with van der Waals surface area (Å²) >= 11 is 0. The van der Waals surface area contributed by atoms with Crippen LogP contribution in [-0.4, -0.2) is 48.6 Å². The van der Waals surface area contributed by atoms with Crippen LogP contribution in [0.4, 0.5) is 0 Å². The molecule has 1 atom stereocenters. The van der Waals surface area contributed by atoms with E-state index in [0.717, 1.165) is 31.4 Å². The van der Waals surface area contributed by atoms with Crippen molar-refractivity contribution in [1.82, 2.24) is 14.6 Å². The average Bonchev–Trinajstić information content (AvgIpc) is 3.06. The van der Waals surface area contributed by atoms with E-state index in [1.165, 1.54) is 0 Å². The Kier molecular flexibility index (Phi) is 5.20. The van der Waals surface area contributed by atoms with Crippen LogP contribution >= 0.6 is 0 Å². The van der Waals surface area contributed by atoms with Crippen LogP contribution in [0, 0.1) is 6.92 Å². The third-order valence-corrected chi connectivity index (χ3v) is 6.82. The fourth-order valence-electron chi connectivity index (χ4n) is 3.57. The van der Waals surface area contributed by atoms with Gasteiger partial charge in [-0.05, 0) is 44.7 Å². The number of amides is 1. The SMILES string of the molecule is Cc1cccc(C(=O)N2CCC[C@@H](S(=O)(=O)NC3CCCC3)C2)n1. The predicted octanol–water partition coefficient (Wildman–Crippen LogP) is 1.86. The second kappa shape index (κ2) is 7.19. The van der Waals surface area contributed by atoms with Crippen LogP contribution in [0.2, 0.25) is 0 Å². The fraction of sp³-hybridized carbons (Fsp3) is 0.647. The molecule has 0 aromatic carbocycles. The topological polar surface area (TPSA) is 79.4 Å². The van der Waals surface area contributed by atoms with Gasteiger partial charge in [0.1, 0.15) is 5.69 Å². The Morgan fingerprint density at radius 1 is 1.21 bits per heavy atom. The van der Waals surface area contributed by atoms with Gasteiger partial charge < -0.3 is 4.90 Å². The summed E-state index contributed by atoms with van der Waals surface area (Å²) in [6, 6.07) is 5.39. The molecule has 1 aromatic rings. The zero-order valence-corrected chi connectivity index (χ0v) is 14.9. The highest BCUT2D eigenvalue weighted by atomic mass is 32.2. The number of carbonyl (C=O) groups excluding carboxylic acids is 1. The largest absolute Gasteiger partial charge is 0.336 e. The van der Waals surface area contributed by atoms with Crippen molar-refractivity contribution in [3.05, 3.63) is 29.6 Å². The first-order valence-electron chi connectivity index (χ1n) is 8.70. The van der Waals surface area contributed by atoms with Crippen LogP contribution in [0.3, 0.4) is 0 Å². The molecule has 2 aliphatic rings. The number of aromatic nitrogens is 1. The maximum absolute atomic E-state index is 12.6. The van der Waals surface area contributed by atoms with Crippen LogP contribution in [-0.2, 0) is 10.0 Å². The number of pyridine rings is 1. The Morgan fingerprint density at radius 2 is 1.96 bits per heavy atom. The first-order chi connectivity index (χ1) is 11.5. The zero-order chi connectivity index (χ0) is 17.2. The van der Waals surface area contributed by atoms with Gasteiger partial charge in [-0.3, -0.25) is 4.79 Å². The highest BCUT2D eigenvalue weighted by molar-refractivity contribution is 7.90. The van der Waals surface area contributed by atoms with Gasteiger partial charge in [0, 0.05) is 24.8 Å². The number of nitrogens with zero attached hydrogens (tertiary/aromatic N) is 2. The van der Waals surface area contributed by atoms with Crippen molar-refractivity contribution < 1.29 is 13.2 Å². The molecule has 2 heterocycles. The summed E-state index contributed by atoms with van der Waals surface area (Å²) in [5.41, 5.74) is 1.17. The maximum Gasteiger partial charge on any atom is 0.272 e. The molecular weight excluding hydrogens is 326 g/mol. The maximum atomic E-state index is 12.6. The molecule has 0 unspecified atom stereocenters. The van der Waals surface area contributed by atoms with Gasteiger partial charge in [-0.2, -0.15) is 0 Å². The highest BCUT2D eigenvalue weighted by Crippen LogP contribution is 2.22. The molecule has 1 aliphatic carbocycles. The number of hydrogen-bond donors (Lipinski definition) is 1. The van der Waals surface area contributed by atoms with Gasteiger partial charge in [0.05, 0.1) is 5.25 Å². The molecule has 0 bridgehead atoms. The van der Waals surface area contributed by atoms with Gasteiger partial charge in [0.25, 0.3) is 5.91 Å². The fourth-order valence-corrected chi connectivity index (χ4v) is 5.32. The predicted molar refractivity (Wildman–Crippen MR) is 92.2 cm³/mol. The normalized spacial score (nSPS) is 22.7. The van der Waals surface area contributed by atoms with Crippen LogP contribution in [0.1, 0.15) is 54.7 Å². The van der Waals surface area contributed by atoms with E-state index in [1.807, 2.05) is 13.0 Å². The lowest BCUT2D eigenvalue weighted by Gasteiger charge is -2.33. The monoisotopic (exact) mass is 351 g/mol. The van der Waals surface area contributed by atoms with Crippen LogP contribution in [0.15, 0.2) is 18.2 Å². The number of piperidine rings is 1. The molecule has 1 amide bonds. The quantitative estimate of drug-likeness (QED) is 0.898. The van der Waals surface area contributed by atoms with E-state index in [4.69, 9.17) is 0 Å².